The molecule has 0 fully saturated rings. The van der Waals surface area contributed by atoms with Gasteiger partial charge in [0.05, 0.1) is 0 Å². The van der Waals surface area contributed by atoms with Crippen LogP contribution in [0.2, 0.25) is 0 Å². The van der Waals surface area contributed by atoms with Crippen molar-refractivity contribution in [3.8, 4) is 0 Å². The van der Waals surface area contributed by atoms with Crippen LogP contribution in [0.15, 0.2) is 29.3 Å². The zero-order valence-electron chi connectivity index (χ0n) is 10.4. The highest BCUT2D eigenvalue weighted by molar-refractivity contribution is 4.90. The van der Waals surface area contributed by atoms with Crippen LogP contribution in [0.25, 0.3) is 0 Å². The second-order valence-electron chi connectivity index (χ2n) is 1.94. The maximum Gasteiger partial charge on any atom is 0.181 e. The number of nitrogens with one attached hydrogen (secondary N) is 1. The van der Waals surface area contributed by atoms with E-state index in [-0.39, 0.29) is 5.43 Å². The molecule has 1 heterocycles. The molecule has 1 N–H and O–H groups in total. The van der Waals surface area contributed by atoms with Gasteiger partial charge >= 0.3 is 0 Å². The largest absolute Gasteiger partial charge is 0.367 e. The van der Waals surface area contributed by atoms with Gasteiger partial charge in [-0.15, -0.1) is 0 Å². The van der Waals surface area contributed by atoms with E-state index in [1.54, 1.807) is 12.4 Å². The molecule has 0 spiro atoms. The predicted molar refractivity (Wildman–Crippen MR) is 65.7 cm³/mol. The van der Waals surface area contributed by atoms with Crippen LogP contribution < -0.4 is 5.43 Å². The van der Waals surface area contributed by atoms with Crippen molar-refractivity contribution < 1.29 is 0 Å². The van der Waals surface area contributed by atoms with Crippen LogP contribution in [-0.2, 0) is 0 Å². The van der Waals surface area contributed by atoms with Crippen molar-refractivity contribution in [2.45, 2.75) is 48.0 Å². The molecule has 0 aliphatic carbocycles. The maximum atomic E-state index is 10.2. The summed E-state index contributed by atoms with van der Waals surface area (Å²) in [6.07, 6.45) is 4.45. The van der Waals surface area contributed by atoms with Gasteiger partial charge in [0, 0.05) is 24.5 Å². The lowest BCUT2D eigenvalue weighted by Gasteiger charge is -1.73. The normalized spacial score (nSPS) is 6.43. The monoisotopic (exact) mass is 199 g/mol. The van der Waals surface area contributed by atoms with Crippen molar-refractivity contribution >= 4 is 0 Å². The molecule has 14 heavy (non-hydrogen) atoms. The molecule has 0 aromatic carbocycles. The molecule has 1 rings (SSSR count). The first kappa shape index (κ1) is 18.7. The number of aromatic nitrogens is 1. The molecule has 0 amide bonds. The predicted octanol–water partition coefficient (Wildman–Crippen LogP) is 3.84. The Morgan fingerprint density at radius 1 is 1.00 bits per heavy atom. The van der Waals surface area contributed by atoms with E-state index < -0.39 is 0 Å². The van der Waals surface area contributed by atoms with Crippen molar-refractivity contribution in [3.63, 3.8) is 0 Å². The highest BCUT2D eigenvalue weighted by Gasteiger charge is 1.70. The van der Waals surface area contributed by atoms with Crippen LogP contribution >= 0.6 is 0 Å². The van der Waals surface area contributed by atoms with E-state index in [4.69, 9.17) is 0 Å². The summed E-state index contributed by atoms with van der Waals surface area (Å²) in [4.78, 5) is 13.0. The topological polar surface area (TPSA) is 32.9 Å². The summed E-state index contributed by atoms with van der Waals surface area (Å²) >= 11 is 0. The average molecular weight is 199 g/mol. The minimum Gasteiger partial charge on any atom is -0.367 e. The van der Waals surface area contributed by atoms with Crippen molar-refractivity contribution in [2.75, 3.05) is 0 Å². The summed E-state index contributed by atoms with van der Waals surface area (Å²) in [5.41, 5.74) is 0.0405. The fourth-order valence-electron chi connectivity index (χ4n) is 0.372. The second-order valence-corrected chi connectivity index (χ2v) is 1.94. The van der Waals surface area contributed by atoms with Crippen LogP contribution in [0.3, 0.4) is 0 Å². The molecule has 0 bridgehead atoms. The van der Waals surface area contributed by atoms with Crippen molar-refractivity contribution in [2.24, 2.45) is 0 Å². The molecule has 2 heteroatoms. The van der Waals surface area contributed by atoms with Crippen molar-refractivity contribution in [3.05, 3.63) is 34.7 Å². The third-order valence-corrected chi connectivity index (χ3v) is 0.688. The van der Waals surface area contributed by atoms with E-state index in [9.17, 15) is 4.79 Å². The highest BCUT2D eigenvalue weighted by atomic mass is 16.1. The lowest BCUT2D eigenvalue weighted by molar-refractivity contribution is 1.09. The van der Waals surface area contributed by atoms with E-state index in [0.717, 1.165) is 0 Å². The number of H-pyrrole nitrogens is 1. The molecule has 2 nitrogen and oxygen atoms in total. The van der Waals surface area contributed by atoms with Crippen LogP contribution in [-0.4, -0.2) is 4.98 Å². The Morgan fingerprint density at radius 2 is 1.29 bits per heavy atom. The van der Waals surface area contributed by atoms with Crippen LogP contribution in [0, 0.1) is 0 Å². The van der Waals surface area contributed by atoms with E-state index in [0.29, 0.717) is 0 Å². The second kappa shape index (κ2) is 22.7. The van der Waals surface area contributed by atoms with Gasteiger partial charge in [-0.2, -0.15) is 0 Å². The highest BCUT2D eigenvalue weighted by Crippen LogP contribution is 1.64. The van der Waals surface area contributed by atoms with Gasteiger partial charge in [-0.05, 0) is 0 Å². The molecule has 0 saturated carbocycles. The summed E-state index contributed by atoms with van der Waals surface area (Å²) in [6, 6.07) is 2.94. The molecule has 0 radical (unpaired) electrons. The van der Waals surface area contributed by atoms with Crippen LogP contribution in [0.4, 0.5) is 0 Å². The van der Waals surface area contributed by atoms with E-state index in [1.807, 2.05) is 27.7 Å². The Labute approximate surface area is 88.4 Å². The summed E-state index contributed by atoms with van der Waals surface area (Å²) in [5, 5.41) is 0. The molecule has 1 aromatic heterocycles. The number of hydrogen-bond donors (Lipinski definition) is 1. The summed E-state index contributed by atoms with van der Waals surface area (Å²) in [7, 11) is 0. The zero-order chi connectivity index (χ0) is 11.8. The Bertz CT molecular complexity index is 188. The number of pyridine rings is 1. The Balaban J connectivity index is -0.000000148. The van der Waals surface area contributed by atoms with Crippen LogP contribution in [0.1, 0.15) is 48.0 Å². The molecule has 0 saturated heterocycles. The van der Waals surface area contributed by atoms with Gasteiger partial charge in [0.2, 0.25) is 0 Å². The minimum atomic E-state index is 0.0405. The van der Waals surface area contributed by atoms with Gasteiger partial charge in [0.25, 0.3) is 0 Å². The molecular formula is C12H25NO. The molecule has 1 aromatic rings. The molecule has 0 aliphatic rings. The summed E-state index contributed by atoms with van der Waals surface area (Å²) in [5.74, 6) is 0. The quantitative estimate of drug-likeness (QED) is 0.676. The standard InChI is InChI=1S/C5H5NO.C3H8.2C2H6/c7-5-1-3-6-4-2-5;1-3-2;2*1-2/h1-4H,(H,6,7);3H2,1-2H3;2*1-2H3. The lowest BCUT2D eigenvalue weighted by atomic mass is 10.5. The third kappa shape index (κ3) is 22.4. The van der Waals surface area contributed by atoms with Gasteiger partial charge in [0.15, 0.2) is 5.43 Å². The van der Waals surface area contributed by atoms with E-state index in [1.165, 1.54) is 18.6 Å². The minimum absolute atomic E-state index is 0.0405. The maximum absolute atomic E-state index is 10.2. The smallest absolute Gasteiger partial charge is 0.181 e. The van der Waals surface area contributed by atoms with Gasteiger partial charge in [-0.3, -0.25) is 4.79 Å². The molecule has 0 atom stereocenters. The fraction of sp³-hybridized carbons (Fsp3) is 0.583. The number of aromatic amines is 1. The van der Waals surface area contributed by atoms with Crippen molar-refractivity contribution in [1.29, 1.82) is 0 Å². The van der Waals surface area contributed by atoms with Gasteiger partial charge < -0.3 is 4.98 Å². The van der Waals surface area contributed by atoms with Gasteiger partial charge in [-0.1, -0.05) is 48.0 Å². The Morgan fingerprint density at radius 3 is 1.43 bits per heavy atom. The first-order valence-electron chi connectivity index (χ1n) is 5.44. The molecule has 0 aliphatic heterocycles. The van der Waals surface area contributed by atoms with E-state index >= 15 is 0 Å². The zero-order valence-corrected chi connectivity index (χ0v) is 10.4. The van der Waals surface area contributed by atoms with Crippen molar-refractivity contribution in [1.82, 2.24) is 4.98 Å². The lowest BCUT2D eigenvalue weighted by Crippen LogP contribution is -1.92. The van der Waals surface area contributed by atoms with E-state index in [2.05, 4.69) is 18.8 Å². The third-order valence-electron chi connectivity index (χ3n) is 0.688. The molecule has 84 valence electrons. The number of rotatable bonds is 0. The Kier molecular flexibility index (Phi) is 30.2. The first-order valence-corrected chi connectivity index (χ1v) is 5.44. The summed E-state index contributed by atoms with van der Waals surface area (Å²) in [6.45, 7) is 12.2. The Hall–Kier alpha value is -1.05. The SMILES string of the molecule is CC.CC.CCC.O=c1cc[nH]cc1. The molecule has 0 unspecified atom stereocenters. The van der Waals surface area contributed by atoms with Crippen LogP contribution in [0.5, 0.6) is 0 Å². The first-order chi connectivity index (χ1) is 6.81. The molecular weight excluding hydrogens is 174 g/mol. The number of hydrogen-bond acceptors (Lipinski definition) is 1. The average Bonchev–Trinajstić information content (AvgIpc) is 2.26. The van der Waals surface area contributed by atoms with Gasteiger partial charge in [0.1, 0.15) is 0 Å². The van der Waals surface area contributed by atoms with Gasteiger partial charge in [-0.25, -0.2) is 0 Å². The summed E-state index contributed by atoms with van der Waals surface area (Å²) < 4.78 is 0. The fourth-order valence-corrected chi connectivity index (χ4v) is 0.372.